The number of thioether (sulfide) groups is 1. The van der Waals surface area contributed by atoms with Gasteiger partial charge in [0.15, 0.2) is 0 Å². The lowest BCUT2D eigenvalue weighted by Crippen LogP contribution is -2.49. The quantitative estimate of drug-likeness (QED) is 0.372. The van der Waals surface area contributed by atoms with E-state index in [-0.39, 0.29) is 18.1 Å². The van der Waals surface area contributed by atoms with Gasteiger partial charge in [-0.05, 0) is 25.3 Å². The van der Waals surface area contributed by atoms with Crippen molar-refractivity contribution in [2.75, 3.05) is 18.6 Å². The van der Waals surface area contributed by atoms with Gasteiger partial charge < -0.3 is 10.1 Å². The number of hydrazine groups is 1. The Morgan fingerprint density at radius 1 is 1.26 bits per heavy atom. The number of amides is 4. The average Bonchev–Trinajstić information content (AvgIpc) is 2.87. The normalized spacial score (nSPS) is 19.0. The van der Waals surface area contributed by atoms with Gasteiger partial charge in [0.05, 0.1) is 19.3 Å². The summed E-state index contributed by atoms with van der Waals surface area (Å²) in [6.07, 6.45) is 1.23. The van der Waals surface area contributed by atoms with Crippen molar-refractivity contribution in [3.05, 3.63) is 35.9 Å². The number of carbonyl (C=O) groups excluding carboxylic acids is 4. The largest absolute Gasteiger partial charge is 0.469 e. The maximum atomic E-state index is 12.6. The minimum Gasteiger partial charge on any atom is -0.469 e. The third kappa shape index (κ3) is 5.72. The molecule has 0 bridgehead atoms. The Morgan fingerprint density at radius 2 is 1.96 bits per heavy atom. The Balaban J connectivity index is 1.83. The molecule has 27 heavy (non-hydrogen) atoms. The fourth-order valence-electron chi connectivity index (χ4n) is 2.57. The van der Waals surface area contributed by atoms with Crippen LogP contribution in [-0.4, -0.2) is 53.0 Å². The number of ether oxygens (including phenoxy) is 1. The summed E-state index contributed by atoms with van der Waals surface area (Å²) in [6, 6.07) is 9.00. The summed E-state index contributed by atoms with van der Waals surface area (Å²) in [4.78, 5) is 47.7. The lowest BCUT2D eigenvalue weighted by Gasteiger charge is -2.21. The molecule has 1 saturated heterocycles. The third-order valence-electron chi connectivity index (χ3n) is 4.17. The van der Waals surface area contributed by atoms with Crippen molar-refractivity contribution in [3.8, 4) is 0 Å². The van der Waals surface area contributed by atoms with Gasteiger partial charge in [0.25, 0.3) is 5.91 Å². The van der Waals surface area contributed by atoms with Gasteiger partial charge in [-0.25, -0.2) is 4.79 Å². The molecule has 8 nitrogen and oxygen atoms in total. The smallest absolute Gasteiger partial charge is 0.344 e. The SMILES string of the molecule is COC(=O)CCSCC(=O)NN1C(=O)N[C@@](C)(CCc2ccccc2)C1=O. The van der Waals surface area contributed by atoms with E-state index in [1.54, 1.807) is 6.92 Å². The first kappa shape index (κ1) is 20.8. The molecule has 1 heterocycles. The molecule has 1 atom stereocenters. The van der Waals surface area contributed by atoms with Crippen molar-refractivity contribution >= 4 is 35.6 Å². The number of nitrogens with one attached hydrogen (secondary N) is 2. The van der Waals surface area contributed by atoms with E-state index in [0.29, 0.717) is 18.6 Å². The van der Waals surface area contributed by atoms with Crippen molar-refractivity contribution < 1.29 is 23.9 Å². The van der Waals surface area contributed by atoms with E-state index < -0.39 is 23.4 Å². The van der Waals surface area contributed by atoms with E-state index in [1.165, 1.54) is 18.9 Å². The summed E-state index contributed by atoms with van der Waals surface area (Å²) in [5, 5.41) is 3.38. The number of imide groups is 1. The number of benzene rings is 1. The van der Waals surface area contributed by atoms with Crippen LogP contribution in [0.15, 0.2) is 30.3 Å². The molecule has 1 fully saturated rings. The Labute approximate surface area is 162 Å². The third-order valence-corrected chi connectivity index (χ3v) is 5.12. The van der Waals surface area contributed by atoms with Crippen LogP contribution in [0.25, 0.3) is 0 Å². The molecule has 1 aromatic carbocycles. The zero-order valence-corrected chi connectivity index (χ0v) is 16.1. The zero-order valence-electron chi connectivity index (χ0n) is 15.3. The van der Waals surface area contributed by atoms with Crippen molar-refractivity contribution in [3.63, 3.8) is 0 Å². The van der Waals surface area contributed by atoms with E-state index in [1.807, 2.05) is 30.3 Å². The highest BCUT2D eigenvalue weighted by molar-refractivity contribution is 7.99. The molecule has 0 aliphatic carbocycles. The van der Waals surface area contributed by atoms with Crippen LogP contribution in [0, 0.1) is 0 Å². The standard InChI is InChI=1S/C18H23N3O5S/c1-18(10-8-13-6-4-3-5-7-13)16(24)21(17(25)19-18)20-14(22)12-27-11-9-15(23)26-2/h3-7H,8-12H2,1-2H3,(H,19,25)(H,20,22)/t18-/m0/s1. The number of esters is 1. The topological polar surface area (TPSA) is 105 Å². The second kappa shape index (κ2) is 9.40. The van der Waals surface area contributed by atoms with E-state index >= 15 is 0 Å². The summed E-state index contributed by atoms with van der Waals surface area (Å²) in [6.45, 7) is 1.65. The van der Waals surface area contributed by atoms with Crippen LogP contribution in [0.3, 0.4) is 0 Å². The average molecular weight is 393 g/mol. The molecule has 0 spiro atoms. The van der Waals surface area contributed by atoms with Gasteiger partial charge in [-0.1, -0.05) is 30.3 Å². The molecule has 2 N–H and O–H groups in total. The Kier molecular flexibility index (Phi) is 7.23. The van der Waals surface area contributed by atoms with Crippen LogP contribution in [-0.2, 0) is 25.5 Å². The first-order valence-electron chi connectivity index (χ1n) is 8.50. The van der Waals surface area contributed by atoms with Crippen molar-refractivity contribution in [1.29, 1.82) is 0 Å². The van der Waals surface area contributed by atoms with Gasteiger partial charge in [0.2, 0.25) is 5.91 Å². The number of urea groups is 1. The molecule has 9 heteroatoms. The summed E-state index contributed by atoms with van der Waals surface area (Å²) in [5.41, 5.74) is 2.32. The minimum absolute atomic E-state index is 0.0226. The predicted molar refractivity (Wildman–Crippen MR) is 101 cm³/mol. The molecule has 4 amide bonds. The van der Waals surface area contributed by atoms with Gasteiger partial charge in [-0.2, -0.15) is 16.8 Å². The summed E-state index contributed by atoms with van der Waals surface area (Å²) < 4.78 is 4.51. The van der Waals surface area contributed by atoms with Crippen LogP contribution < -0.4 is 10.7 Å². The number of nitrogens with zero attached hydrogens (tertiary/aromatic N) is 1. The number of methoxy groups -OCH3 is 1. The van der Waals surface area contributed by atoms with E-state index in [9.17, 15) is 19.2 Å². The number of carbonyl (C=O) groups is 4. The summed E-state index contributed by atoms with van der Waals surface area (Å²) in [5.74, 6) is -0.896. The maximum Gasteiger partial charge on any atom is 0.344 e. The fourth-order valence-corrected chi connectivity index (χ4v) is 3.28. The first-order chi connectivity index (χ1) is 12.9. The molecule has 1 aliphatic rings. The lowest BCUT2D eigenvalue weighted by atomic mass is 9.93. The van der Waals surface area contributed by atoms with Crippen molar-refractivity contribution in [1.82, 2.24) is 15.8 Å². The monoisotopic (exact) mass is 393 g/mol. The predicted octanol–water partition coefficient (Wildman–Crippen LogP) is 1.26. The maximum absolute atomic E-state index is 12.6. The molecule has 1 aliphatic heterocycles. The highest BCUT2D eigenvalue weighted by Crippen LogP contribution is 2.22. The van der Waals surface area contributed by atoms with E-state index in [4.69, 9.17) is 0 Å². The molecular formula is C18H23N3O5S. The van der Waals surface area contributed by atoms with Crippen LogP contribution in [0.5, 0.6) is 0 Å². The van der Waals surface area contributed by atoms with E-state index in [2.05, 4.69) is 15.5 Å². The molecule has 146 valence electrons. The van der Waals surface area contributed by atoms with Gasteiger partial charge in [-0.15, -0.1) is 0 Å². The first-order valence-corrected chi connectivity index (χ1v) is 9.66. The highest BCUT2D eigenvalue weighted by Gasteiger charge is 2.48. The summed E-state index contributed by atoms with van der Waals surface area (Å²) >= 11 is 1.22. The van der Waals surface area contributed by atoms with Gasteiger partial charge >= 0.3 is 12.0 Å². The van der Waals surface area contributed by atoms with Gasteiger partial charge in [-0.3, -0.25) is 19.8 Å². The van der Waals surface area contributed by atoms with Crippen molar-refractivity contribution in [2.45, 2.75) is 31.7 Å². The zero-order chi connectivity index (χ0) is 19.9. The highest BCUT2D eigenvalue weighted by atomic mass is 32.2. The second-order valence-corrected chi connectivity index (χ2v) is 7.41. The fraction of sp³-hybridized carbons (Fsp3) is 0.444. The van der Waals surface area contributed by atoms with Crippen LogP contribution >= 0.6 is 11.8 Å². The Bertz CT molecular complexity index is 712. The number of rotatable bonds is 9. The number of aryl methyl sites for hydroxylation is 1. The van der Waals surface area contributed by atoms with Gasteiger partial charge in [0, 0.05) is 5.75 Å². The molecular weight excluding hydrogens is 370 g/mol. The van der Waals surface area contributed by atoms with Crippen LogP contribution in [0.4, 0.5) is 4.79 Å². The Hall–Kier alpha value is -2.55. The second-order valence-electron chi connectivity index (χ2n) is 6.30. The molecule has 2 rings (SSSR count). The molecule has 0 radical (unpaired) electrons. The summed E-state index contributed by atoms with van der Waals surface area (Å²) in [7, 11) is 1.30. The molecule has 0 saturated carbocycles. The minimum atomic E-state index is -1.07. The van der Waals surface area contributed by atoms with E-state index in [0.717, 1.165) is 10.6 Å². The van der Waals surface area contributed by atoms with Crippen LogP contribution in [0.2, 0.25) is 0 Å². The molecule has 0 unspecified atom stereocenters. The molecule has 0 aromatic heterocycles. The van der Waals surface area contributed by atoms with Gasteiger partial charge in [0.1, 0.15) is 5.54 Å². The van der Waals surface area contributed by atoms with Crippen LogP contribution in [0.1, 0.15) is 25.3 Å². The lowest BCUT2D eigenvalue weighted by molar-refractivity contribution is -0.140. The number of hydrogen-bond acceptors (Lipinski definition) is 6. The Morgan fingerprint density at radius 3 is 2.63 bits per heavy atom. The number of hydrogen-bond donors (Lipinski definition) is 2. The molecule has 1 aromatic rings. The van der Waals surface area contributed by atoms with Crippen molar-refractivity contribution in [2.24, 2.45) is 0 Å².